The molecule has 0 heterocycles. The Bertz CT molecular complexity index is 1190. The van der Waals surface area contributed by atoms with E-state index in [1.165, 1.54) is 17.2 Å². The van der Waals surface area contributed by atoms with Gasteiger partial charge in [0.2, 0.25) is 0 Å². The highest BCUT2D eigenvalue weighted by atomic mass is 16.5. The predicted molar refractivity (Wildman–Crippen MR) is 122 cm³/mol. The summed E-state index contributed by atoms with van der Waals surface area (Å²) >= 11 is 0. The number of fused-ring (bicyclic) bond motifs is 3. The van der Waals surface area contributed by atoms with Gasteiger partial charge in [-0.25, -0.2) is 9.59 Å². The minimum atomic E-state index is -1.12. The lowest BCUT2D eigenvalue weighted by molar-refractivity contribution is 0.0697. The Morgan fingerprint density at radius 2 is 1.62 bits per heavy atom. The number of nitrogen functional groups attached to an aromatic ring is 1. The lowest BCUT2D eigenvalue weighted by Crippen LogP contribution is -2.26. The quantitative estimate of drug-likeness (QED) is 0.322. The van der Waals surface area contributed by atoms with Crippen molar-refractivity contribution in [2.45, 2.75) is 12.3 Å². The Balaban J connectivity index is 1.31. The van der Waals surface area contributed by atoms with Gasteiger partial charge < -0.3 is 20.9 Å². The van der Waals surface area contributed by atoms with E-state index in [1.54, 1.807) is 12.1 Å². The highest BCUT2D eigenvalue weighted by Crippen LogP contribution is 2.44. The second-order valence-electron chi connectivity index (χ2n) is 7.38. The van der Waals surface area contributed by atoms with Crippen molar-refractivity contribution in [3.63, 3.8) is 0 Å². The highest BCUT2D eigenvalue weighted by molar-refractivity contribution is 5.96. The number of aromatic carboxylic acids is 1. The van der Waals surface area contributed by atoms with Gasteiger partial charge in [0.05, 0.1) is 5.56 Å². The average molecular weight is 426 g/mol. The molecule has 3 aromatic carbocycles. The molecule has 32 heavy (non-hydrogen) atoms. The molecule has 0 bridgehead atoms. The summed E-state index contributed by atoms with van der Waals surface area (Å²) < 4.78 is 5.48. The Morgan fingerprint density at radius 3 is 2.28 bits per heavy atom. The minimum Gasteiger partial charge on any atom is -0.478 e. The van der Waals surface area contributed by atoms with Crippen molar-refractivity contribution < 1.29 is 19.4 Å². The number of alkyl carbamates (subject to hydrolysis) is 1. The number of ether oxygens (including phenoxy) is 1. The molecule has 6 nitrogen and oxygen atoms in total. The number of hydrogen-bond donors (Lipinski definition) is 3. The van der Waals surface area contributed by atoms with Gasteiger partial charge in [-0.2, -0.15) is 0 Å². The first kappa shape index (κ1) is 21.0. The van der Waals surface area contributed by atoms with Crippen molar-refractivity contribution in [1.82, 2.24) is 5.32 Å². The fourth-order valence-corrected chi connectivity index (χ4v) is 3.95. The van der Waals surface area contributed by atoms with Gasteiger partial charge in [-0.3, -0.25) is 0 Å². The number of benzene rings is 3. The lowest BCUT2D eigenvalue weighted by atomic mass is 9.98. The predicted octanol–water partition coefficient (Wildman–Crippen LogP) is 4.25. The first-order chi connectivity index (χ1) is 15.6. The van der Waals surface area contributed by atoms with E-state index in [0.29, 0.717) is 12.0 Å². The van der Waals surface area contributed by atoms with Crippen LogP contribution in [0.25, 0.3) is 11.1 Å². The molecule has 1 aliphatic carbocycles. The highest BCUT2D eigenvalue weighted by Gasteiger charge is 2.28. The third-order valence-electron chi connectivity index (χ3n) is 5.40. The smallest absolute Gasteiger partial charge is 0.407 e. The second-order valence-corrected chi connectivity index (χ2v) is 7.38. The zero-order valence-electron chi connectivity index (χ0n) is 17.3. The molecule has 4 rings (SSSR count). The van der Waals surface area contributed by atoms with Crippen LogP contribution in [-0.4, -0.2) is 30.3 Å². The van der Waals surface area contributed by atoms with Crippen LogP contribution in [0.3, 0.4) is 0 Å². The van der Waals surface area contributed by atoms with Crippen LogP contribution in [0.1, 0.15) is 39.4 Å². The van der Waals surface area contributed by atoms with Crippen LogP contribution in [0.2, 0.25) is 0 Å². The molecule has 0 aromatic heterocycles. The van der Waals surface area contributed by atoms with Gasteiger partial charge >= 0.3 is 12.1 Å². The van der Waals surface area contributed by atoms with Crippen LogP contribution in [-0.2, 0) is 4.74 Å². The maximum atomic E-state index is 12.2. The van der Waals surface area contributed by atoms with Crippen LogP contribution in [0.4, 0.5) is 10.5 Å². The van der Waals surface area contributed by atoms with Crippen molar-refractivity contribution >= 4 is 17.7 Å². The molecule has 160 valence electrons. The van der Waals surface area contributed by atoms with Crippen molar-refractivity contribution in [2.75, 3.05) is 18.9 Å². The van der Waals surface area contributed by atoms with E-state index in [0.717, 1.165) is 11.1 Å². The van der Waals surface area contributed by atoms with Gasteiger partial charge in [-0.05, 0) is 34.4 Å². The van der Waals surface area contributed by atoms with Gasteiger partial charge in [0.25, 0.3) is 0 Å². The topological polar surface area (TPSA) is 102 Å². The van der Waals surface area contributed by atoms with Crippen LogP contribution >= 0.6 is 0 Å². The number of carbonyl (C=O) groups is 2. The first-order valence-electron chi connectivity index (χ1n) is 10.3. The summed E-state index contributed by atoms with van der Waals surface area (Å²) in [5.41, 5.74) is 10.9. The fraction of sp³-hybridized carbons (Fsp3) is 0.154. The monoisotopic (exact) mass is 426 g/mol. The maximum Gasteiger partial charge on any atom is 0.407 e. The number of carboxylic acids is 1. The number of nitrogens with two attached hydrogens (primary N) is 1. The molecule has 0 spiro atoms. The van der Waals surface area contributed by atoms with Crippen LogP contribution in [0, 0.1) is 11.8 Å². The first-order valence-corrected chi connectivity index (χ1v) is 10.3. The van der Waals surface area contributed by atoms with Gasteiger partial charge in [-0.1, -0.05) is 66.4 Å². The molecule has 3 aromatic rings. The van der Waals surface area contributed by atoms with E-state index in [1.807, 2.05) is 24.3 Å². The van der Waals surface area contributed by atoms with E-state index in [-0.39, 0.29) is 30.3 Å². The maximum absolute atomic E-state index is 12.2. The van der Waals surface area contributed by atoms with Gasteiger partial charge in [0.1, 0.15) is 6.61 Å². The second kappa shape index (κ2) is 9.27. The van der Waals surface area contributed by atoms with Crippen LogP contribution in [0.15, 0.2) is 66.7 Å². The molecule has 0 unspecified atom stereocenters. The van der Waals surface area contributed by atoms with Gasteiger partial charge in [-0.15, -0.1) is 0 Å². The number of carboxylic acid groups (broad SMARTS) is 1. The molecule has 0 saturated heterocycles. The molecular weight excluding hydrogens is 404 g/mol. The Morgan fingerprint density at radius 1 is 0.969 bits per heavy atom. The number of anilines is 1. The zero-order chi connectivity index (χ0) is 22.5. The molecule has 0 atom stereocenters. The van der Waals surface area contributed by atoms with E-state index >= 15 is 0 Å². The number of amides is 1. The molecule has 0 aliphatic heterocycles. The molecule has 1 aliphatic rings. The summed E-state index contributed by atoms with van der Waals surface area (Å²) in [6.45, 7) is 0.533. The summed E-state index contributed by atoms with van der Waals surface area (Å²) in [7, 11) is 0. The standard InChI is InChI=1S/C26H22N2O4/c27-23-14-7-9-17(24(23)25(29)30)8-5-6-15-28-26(31)32-16-22-20-12-3-1-10-18(20)19-11-2-4-13-21(19)22/h1-4,7,9-14,22H,6,15-16,27H2,(H,28,31)(H,29,30). The summed E-state index contributed by atoms with van der Waals surface area (Å²) in [5.74, 6) is 4.55. The molecular formula is C26H22N2O4. The van der Waals surface area contributed by atoms with Gasteiger partial charge in [0.15, 0.2) is 0 Å². The Kier molecular flexibility index (Phi) is 6.09. The summed E-state index contributed by atoms with van der Waals surface area (Å²) in [5, 5.41) is 12.0. The summed E-state index contributed by atoms with van der Waals surface area (Å²) in [6.07, 6.45) is -0.165. The summed E-state index contributed by atoms with van der Waals surface area (Å²) in [4.78, 5) is 23.5. The average Bonchev–Trinajstić information content (AvgIpc) is 3.11. The SMILES string of the molecule is Nc1cccc(C#CCCNC(=O)OCC2c3ccccc3-c3ccccc32)c1C(=O)O. The molecule has 0 fully saturated rings. The van der Waals surface area contributed by atoms with Crippen molar-refractivity contribution in [2.24, 2.45) is 0 Å². The van der Waals surface area contributed by atoms with Crippen molar-refractivity contribution in [1.29, 1.82) is 0 Å². The van der Waals surface area contributed by atoms with Crippen molar-refractivity contribution in [3.05, 3.63) is 89.0 Å². The molecule has 1 amide bonds. The number of hydrogen-bond acceptors (Lipinski definition) is 4. The zero-order valence-corrected chi connectivity index (χ0v) is 17.3. The molecule has 6 heteroatoms. The third-order valence-corrected chi connectivity index (χ3v) is 5.40. The van der Waals surface area contributed by atoms with Crippen molar-refractivity contribution in [3.8, 4) is 23.0 Å². The number of nitrogens with one attached hydrogen (secondary N) is 1. The number of rotatable bonds is 5. The largest absolute Gasteiger partial charge is 0.478 e. The van der Waals surface area contributed by atoms with E-state index < -0.39 is 12.1 Å². The Hall–Kier alpha value is -4.24. The Labute approximate surface area is 186 Å². The molecule has 0 saturated carbocycles. The van der Waals surface area contributed by atoms with Crippen LogP contribution < -0.4 is 11.1 Å². The number of carbonyl (C=O) groups excluding carboxylic acids is 1. The van der Waals surface area contributed by atoms with Crippen LogP contribution in [0.5, 0.6) is 0 Å². The van der Waals surface area contributed by atoms with E-state index in [2.05, 4.69) is 41.4 Å². The fourth-order valence-electron chi connectivity index (χ4n) is 3.95. The van der Waals surface area contributed by atoms with E-state index in [4.69, 9.17) is 10.5 Å². The lowest BCUT2D eigenvalue weighted by Gasteiger charge is -2.14. The normalized spacial score (nSPS) is 11.6. The molecule has 0 radical (unpaired) electrons. The van der Waals surface area contributed by atoms with E-state index in [9.17, 15) is 14.7 Å². The minimum absolute atomic E-state index is 0.00548. The third kappa shape index (κ3) is 4.28. The molecule has 4 N–H and O–H groups in total. The summed E-state index contributed by atoms with van der Waals surface area (Å²) in [6, 6.07) is 21.1. The van der Waals surface area contributed by atoms with Gasteiger partial charge in [0, 0.05) is 30.1 Å².